The molecule has 20 heavy (non-hydrogen) atoms. The first-order valence-electron chi connectivity index (χ1n) is 7.48. The SMILES string of the molecule is C=CCC1Cc2cccc(OC)c2[C@@H](CCC)[C@@H]1C=O. The Bertz CT molecular complexity index is 478. The van der Waals surface area contributed by atoms with Crippen molar-refractivity contribution in [2.45, 2.75) is 38.5 Å². The summed E-state index contributed by atoms with van der Waals surface area (Å²) in [6.45, 7) is 6.02. The number of hydrogen-bond acceptors (Lipinski definition) is 2. The molecule has 0 aromatic heterocycles. The minimum absolute atomic E-state index is 0.0803. The van der Waals surface area contributed by atoms with Crippen LogP contribution in [0.5, 0.6) is 5.75 Å². The lowest BCUT2D eigenvalue weighted by Crippen LogP contribution is -2.31. The van der Waals surface area contributed by atoms with E-state index in [9.17, 15) is 4.79 Å². The van der Waals surface area contributed by atoms with Gasteiger partial charge in [0.05, 0.1) is 7.11 Å². The third-order valence-corrected chi connectivity index (χ3v) is 4.46. The van der Waals surface area contributed by atoms with Crippen molar-refractivity contribution < 1.29 is 9.53 Å². The van der Waals surface area contributed by atoms with E-state index >= 15 is 0 Å². The molecule has 0 heterocycles. The number of methoxy groups -OCH3 is 1. The molecule has 0 saturated carbocycles. The van der Waals surface area contributed by atoms with Gasteiger partial charge in [-0.25, -0.2) is 0 Å². The molecule has 1 aromatic carbocycles. The van der Waals surface area contributed by atoms with Crippen LogP contribution in [0.15, 0.2) is 30.9 Å². The number of carbonyl (C=O) groups is 1. The van der Waals surface area contributed by atoms with Gasteiger partial charge in [0.25, 0.3) is 0 Å². The molecule has 1 aliphatic rings. The first-order valence-corrected chi connectivity index (χ1v) is 7.48. The first-order chi connectivity index (χ1) is 9.76. The molecule has 1 aromatic rings. The molecule has 2 nitrogen and oxygen atoms in total. The van der Waals surface area contributed by atoms with E-state index in [0.717, 1.165) is 37.7 Å². The highest BCUT2D eigenvalue weighted by Gasteiger charge is 2.37. The van der Waals surface area contributed by atoms with E-state index < -0.39 is 0 Å². The van der Waals surface area contributed by atoms with Crippen LogP contribution < -0.4 is 4.74 Å². The van der Waals surface area contributed by atoms with Crippen LogP contribution in [-0.4, -0.2) is 13.4 Å². The average Bonchev–Trinajstić information content (AvgIpc) is 2.47. The summed E-state index contributed by atoms with van der Waals surface area (Å²) >= 11 is 0. The molecule has 0 spiro atoms. The third kappa shape index (κ3) is 2.65. The lowest BCUT2D eigenvalue weighted by molar-refractivity contribution is -0.113. The minimum Gasteiger partial charge on any atom is -0.496 e. The van der Waals surface area contributed by atoms with Crippen molar-refractivity contribution in [3.8, 4) is 5.75 Å². The molecular formula is C18H24O2. The van der Waals surface area contributed by atoms with Crippen molar-refractivity contribution in [3.05, 3.63) is 42.0 Å². The van der Waals surface area contributed by atoms with Gasteiger partial charge in [-0.3, -0.25) is 0 Å². The van der Waals surface area contributed by atoms with Crippen molar-refractivity contribution in [2.75, 3.05) is 7.11 Å². The Morgan fingerprint density at radius 2 is 2.25 bits per heavy atom. The van der Waals surface area contributed by atoms with Gasteiger partial charge in [-0.2, -0.15) is 0 Å². The van der Waals surface area contributed by atoms with Gasteiger partial charge in [-0.05, 0) is 42.7 Å². The molecule has 0 N–H and O–H groups in total. The molecule has 0 aliphatic heterocycles. The zero-order valence-electron chi connectivity index (χ0n) is 12.5. The minimum atomic E-state index is 0.0803. The lowest BCUT2D eigenvalue weighted by Gasteiger charge is -2.37. The average molecular weight is 272 g/mol. The highest BCUT2D eigenvalue weighted by Crippen LogP contribution is 2.46. The maximum Gasteiger partial charge on any atom is 0.123 e. The third-order valence-electron chi connectivity index (χ3n) is 4.46. The number of hydrogen-bond donors (Lipinski definition) is 0. The van der Waals surface area contributed by atoms with E-state index in [1.165, 1.54) is 11.1 Å². The Morgan fingerprint density at radius 1 is 1.45 bits per heavy atom. The first kappa shape index (κ1) is 14.8. The Balaban J connectivity index is 2.49. The second-order valence-electron chi connectivity index (χ2n) is 5.63. The van der Waals surface area contributed by atoms with Crippen LogP contribution in [0, 0.1) is 11.8 Å². The van der Waals surface area contributed by atoms with Gasteiger partial charge in [-0.15, -0.1) is 6.58 Å². The number of allylic oxidation sites excluding steroid dienone is 1. The molecule has 1 unspecified atom stereocenters. The van der Waals surface area contributed by atoms with Gasteiger partial charge < -0.3 is 9.53 Å². The second-order valence-corrected chi connectivity index (χ2v) is 5.63. The van der Waals surface area contributed by atoms with E-state index in [1.54, 1.807) is 7.11 Å². The number of carbonyl (C=O) groups excluding carboxylic acids is 1. The van der Waals surface area contributed by atoms with Crippen molar-refractivity contribution in [3.63, 3.8) is 0 Å². The Kier molecular flexibility index (Phi) is 4.99. The largest absolute Gasteiger partial charge is 0.496 e. The van der Waals surface area contributed by atoms with Crippen LogP contribution in [0.4, 0.5) is 0 Å². The number of aldehydes is 1. The standard InChI is InChI=1S/C18H24O2/c1-4-7-13-11-14-9-6-10-17(20-3)18(14)15(8-5-2)16(13)12-19/h4,6,9-10,12-13,15-16H,1,5,7-8,11H2,2-3H3/t13?,15-,16+/m0/s1. The molecule has 0 radical (unpaired) electrons. The molecule has 0 fully saturated rings. The second kappa shape index (κ2) is 6.74. The van der Waals surface area contributed by atoms with E-state index in [0.29, 0.717) is 5.92 Å². The predicted molar refractivity (Wildman–Crippen MR) is 82.2 cm³/mol. The summed E-state index contributed by atoms with van der Waals surface area (Å²) in [7, 11) is 1.71. The van der Waals surface area contributed by atoms with Gasteiger partial charge in [0, 0.05) is 11.5 Å². The van der Waals surface area contributed by atoms with Crippen molar-refractivity contribution in [1.82, 2.24) is 0 Å². The Morgan fingerprint density at radius 3 is 2.85 bits per heavy atom. The summed E-state index contributed by atoms with van der Waals surface area (Å²) < 4.78 is 5.54. The summed E-state index contributed by atoms with van der Waals surface area (Å²) in [5.74, 6) is 1.67. The predicted octanol–water partition coefficient (Wildman–Crippen LogP) is 4.14. The fourth-order valence-electron chi connectivity index (χ4n) is 3.61. The quantitative estimate of drug-likeness (QED) is 0.574. The number of benzene rings is 1. The maximum atomic E-state index is 11.7. The summed E-state index contributed by atoms with van der Waals surface area (Å²) in [4.78, 5) is 11.7. The summed E-state index contributed by atoms with van der Waals surface area (Å²) in [5.41, 5.74) is 2.60. The van der Waals surface area contributed by atoms with Gasteiger partial charge in [0.1, 0.15) is 12.0 Å². The lowest BCUT2D eigenvalue weighted by atomic mass is 9.67. The smallest absolute Gasteiger partial charge is 0.123 e. The van der Waals surface area contributed by atoms with E-state index in [-0.39, 0.29) is 11.8 Å². The molecule has 1 aliphatic carbocycles. The highest BCUT2D eigenvalue weighted by molar-refractivity contribution is 5.60. The zero-order chi connectivity index (χ0) is 14.5. The molecule has 2 rings (SSSR count). The molecule has 2 heteroatoms. The van der Waals surface area contributed by atoms with Crippen LogP contribution in [0.25, 0.3) is 0 Å². The summed E-state index contributed by atoms with van der Waals surface area (Å²) in [5, 5.41) is 0. The molecule has 0 saturated heterocycles. The fraction of sp³-hybridized carbons (Fsp3) is 0.500. The molecule has 108 valence electrons. The van der Waals surface area contributed by atoms with Gasteiger partial charge in [-0.1, -0.05) is 31.6 Å². The van der Waals surface area contributed by atoms with Gasteiger partial charge in [0.15, 0.2) is 0 Å². The molecule has 0 bridgehead atoms. The molecule has 3 atom stereocenters. The van der Waals surface area contributed by atoms with E-state index in [2.05, 4.69) is 19.6 Å². The Labute approximate surface area is 121 Å². The topological polar surface area (TPSA) is 26.3 Å². The van der Waals surface area contributed by atoms with Crippen LogP contribution in [-0.2, 0) is 11.2 Å². The monoisotopic (exact) mass is 272 g/mol. The highest BCUT2D eigenvalue weighted by atomic mass is 16.5. The van der Waals surface area contributed by atoms with Crippen LogP contribution >= 0.6 is 0 Å². The molecule has 0 amide bonds. The van der Waals surface area contributed by atoms with Crippen LogP contribution in [0.1, 0.15) is 43.2 Å². The molecular weight excluding hydrogens is 248 g/mol. The Hall–Kier alpha value is -1.57. The summed E-state index contributed by atoms with van der Waals surface area (Å²) in [6.07, 6.45) is 7.05. The van der Waals surface area contributed by atoms with E-state index in [1.807, 2.05) is 18.2 Å². The van der Waals surface area contributed by atoms with Gasteiger partial charge in [0.2, 0.25) is 0 Å². The van der Waals surface area contributed by atoms with Crippen LogP contribution in [0.3, 0.4) is 0 Å². The van der Waals surface area contributed by atoms with Crippen molar-refractivity contribution >= 4 is 6.29 Å². The van der Waals surface area contributed by atoms with Gasteiger partial charge >= 0.3 is 0 Å². The fourth-order valence-corrected chi connectivity index (χ4v) is 3.61. The maximum absolute atomic E-state index is 11.7. The number of ether oxygens (including phenoxy) is 1. The van der Waals surface area contributed by atoms with Crippen molar-refractivity contribution in [1.29, 1.82) is 0 Å². The number of fused-ring (bicyclic) bond motifs is 1. The normalized spacial score (nSPS) is 24.8. The van der Waals surface area contributed by atoms with E-state index in [4.69, 9.17) is 4.74 Å². The zero-order valence-corrected chi connectivity index (χ0v) is 12.5. The number of rotatable bonds is 6. The van der Waals surface area contributed by atoms with Crippen LogP contribution in [0.2, 0.25) is 0 Å². The summed E-state index contributed by atoms with van der Waals surface area (Å²) in [6, 6.07) is 6.24. The van der Waals surface area contributed by atoms with Crippen molar-refractivity contribution in [2.24, 2.45) is 11.8 Å².